The molecule has 3 atom stereocenters. The molecule has 3 aromatic rings. The van der Waals surface area contributed by atoms with Crippen LogP contribution in [0.2, 0.25) is 0 Å². The molecule has 0 spiro atoms. The van der Waals surface area contributed by atoms with E-state index in [-0.39, 0.29) is 23.8 Å². The Morgan fingerprint density at radius 3 is 2.73 bits per heavy atom. The first kappa shape index (κ1) is 20.8. The third-order valence-electron chi connectivity index (χ3n) is 5.65. The monoisotopic (exact) mass is 420 g/mol. The van der Waals surface area contributed by atoms with Crippen molar-refractivity contribution in [2.24, 2.45) is 5.92 Å². The second-order valence-corrected chi connectivity index (χ2v) is 8.81. The molecule has 1 amide bonds. The standard InChI is InChI=1S/C25H28N2O2S/c1-18(19-10-3-2-4-11-19)29-17-9-16-26-24(28)20-12-5-6-13-21(20)25-27-22-14-7-8-15-23(22)30-25/h2-8,10-11,14-15,18,20-21H,9,12-13,16-17H2,1H3,(H,26,28). The van der Waals surface area contributed by atoms with Gasteiger partial charge in [-0.25, -0.2) is 4.98 Å². The van der Waals surface area contributed by atoms with E-state index in [2.05, 4.69) is 42.6 Å². The number of hydrogen-bond acceptors (Lipinski definition) is 4. The lowest BCUT2D eigenvalue weighted by atomic mass is 9.82. The summed E-state index contributed by atoms with van der Waals surface area (Å²) in [6.07, 6.45) is 6.81. The average molecular weight is 421 g/mol. The van der Waals surface area contributed by atoms with Gasteiger partial charge in [-0.2, -0.15) is 0 Å². The maximum Gasteiger partial charge on any atom is 0.224 e. The van der Waals surface area contributed by atoms with E-state index in [0.717, 1.165) is 29.8 Å². The van der Waals surface area contributed by atoms with E-state index in [1.54, 1.807) is 11.3 Å². The number of thiazole rings is 1. The predicted octanol–water partition coefficient (Wildman–Crippen LogP) is 5.63. The highest BCUT2D eigenvalue weighted by atomic mass is 32.1. The van der Waals surface area contributed by atoms with E-state index in [1.165, 1.54) is 10.3 Å². The first-order valence-electron chi connectivity index (χ1n) is 10.7. The number of rotatable bonds is 8. The van der Waals surface area contributed by atoms with Crippen molar-refractivity contribution in [3.05, 3.63) is 77.3 Å². The molecule has 4 nitrogen and oxygen atoms in total. The number of carbonyl (C=O) groups is 1. The van der Waals surface area contributed by atoms with Crippen molar-refractivity contribution in [3.63, 3.8) is 0 Å². The van der Waals surface area contributed by atoms with Crippen molar-refractivity contribution in [1.82, 2.24) is 10.3 Å². The fourth-order valence-corrected chi connectivity index (χ4v) is 5.07. The third kappa shape index (κ3) is 4.97. The van der Waals surface area contributed by atoms with Gasteiger partial charge in [0.15, 0.2) is 0 Å². The van der Waals surface area contributed by atoms with Gasteiger partial charge in [0.1, 0.15) is 0 Å². The minimum atomic E-state index is -0.0558. The molecular formula is C25H28N2O2S. The highest BCUT2D eigenvalue weighted by Gasteiger charge is 2.32. The zero-order valence-electron chi connectivity index (χ0n) is 17.3. The normalized spacial score (nSPS) is 19.6. The maximum atomic E-state index is 12.9. The number of nitrogens with zero attached hydrogens (tertiary/aromatic N) is 1. The number of hydrogen-bond donors (Lipinski definition) is 1. The van der Waals surface area contributed by atoms with Crippen molar-refractivity contribution < 1.29 is 9.53 Å². The summed E-state index contributed by atoms with van der Waals surface area (Å²) in [5, 5.41) is 4.19. The molecule has 1 aliphatic carbocycles. The lowest BCUT2D eigenvalue weighted by Gasteiger charge is -2.26. The van der Waals surface area contributed by atoms with Crippen molar-refractivity contribution in [2.75, 3.05) is 13.2 Å². The molecule has 0 bridgehead atoms. The average Bonchev–Trinajstić information content (AvgIpc) is 3.23. The molecule has 30 heavy (non-hydrogen) atoms. The number of aromatic nitrogens is 1. The van der Waals surface area contributed by atoms with Crippen LogP contribution in [-0.4, -0.2) is 24.0 Å². The van der Waals surface area contributed by atoms with Crippen molar-refractivity contribution in [2.45, 2.75) is 38.2 Å². The van der Waals surface area contributed by atoms with Crippen LogP contribution < -0.4 is 5.32 Å². The van der Waals surface area contributed by atoms with E-state index < -0.39 is 0 Å². The second-order valence-electron chi connectivity index (χ2n) is 7.74. The third-order valence-corrected chi connectivity index (χ3v) is 6.82. The highest BCUT2D eigenvalue weighted by Crippen LogP contribution is 2.38. The maximum absolute atomic E-state index is 12.9. The lowest BCUT2D eigenvalue weighted by molar-refractivity contribution is -0.125. The number of ether oxygens (including phenoxy) is 1. The van der Waals surface area contributed by atoms with E-state index in [9.17, 15) is 4.79 Å². The van der Waals surface area contributed by atoms with Crippen LogP contribution >= 0.6 is 11.3 Å². The fourth-order valence-electron chi connectivity index (χ4n) is 3.92. The van der Waals surface area contributed by atoms with Crippen LogP contribution in [0.4, 0.5) is 0 Å². The van der Waals surface area contributed by atoms with Crippen molar-refractivity contribution in [1.29, 1.82) is 0 Å². The van der Waals surface area contributed by atoms with Crippen LogP contribution in [0.1, 0.15) is 48.8 Å². The van der Waals surface area contributed by atoms with Gasteiger partial charge in [-0.15, -0.1) is 11.3 Å². The molecular weight excluding hydrogens is 392 g/mol. The Morgan fingerprint density at radius 2 is 1.90 bits per heavy atom. The minimum Gasteiger partial charge on any atom is -0.374 e. The molecule has 1 heterocycles. The summed E-state index contributed by atoms with van der Waals surface area (Å²) in [4.78, 5) is 17.7. The molecule has 0 saturated heterocycles. The highest BCUT2D eigenvalue weighted by molar-refractivity contribution is 7.18. The van der Waals surface area contributed by atoms with Crippen LogP contribution in [0.15, 0.2) is 66.7 Å². The van der Waals surface area contributed by atoms with Crippen LogP contribution in [0, 0.1) is 5.92 Å². The molecule has 156 valence electrons. The zero-order valence-corrected chi connectivity index (χ0v) is 18.1. The smallest absolute Gasteiger partial charge is 0.224 e. The number of amides is 1. The molecule has 1 N–H and O–H groups in total. The van der Waals surface area contributed by atoms with Gasteiger partial charge in [-0.3, -0.25) is 4.79 Å². The van der Waals surface area contributed by atoms with Gasteiger partial charge in [0, 0.05) is 19.1 Å². The summed E-state index contributed by atoms with van der Waals surface area (Å²) in [6.45, 7) is 3.32. The molecule has 2 aromatic carbocycles. The molecule has 0 radical (unpaired) electrons. The summed E-state index contributed by atoms with van der Waals surface area (Å²) in [5.41, 5.74) is 2.20. The topological polar surface area (TPSA) is 51.2 Å². The first-order chi connectivity index (χ1) is 14.7. The van der Waals surface area contributed by atoms with Crippen LogP contribution in [0.3, 0.4) is 0 Å². The number of nitrogens with one attached hydrogen (secondary N) is 1. The summed E-state index contributed by atoms with van der Waals surface area (Å²) in [6, 6.07) is 18.4. The molecule has 0 aliphatic heterocycles. The van der Waals surface area contributed by atoms with Gasteiger partial charge in [0.05, 0.1) is 27.2 Å². The molecule has 1 aliphatic rings. The molecule has 1 aromatic heterocycles. The minimum absolute atomic E-state index is 0.0558. The van der Waals surface area contributed by atoms with Crippen LogP contribution in [-0.2, 0) is 9.53 Å². The lowest BCUT2D eigenvalue weighted by Crippen LogP contribution is -2.35. The number of benzene rings is 2. The molecule has 3 unspecified atom stereocenters. The zero-order chi connectivity index (χ0) is 20.8. The summed E-state index contributed by atoms with van der Waals surface area (Å²) in [7, 11) is 0. The molecule has 5 heteroatoms. The van der Waals surface area contributed by atoms with Gasteiger partial charge < -0.3 is 10.1 Å². The van der Waals surface area contributed by atoms with Crippen molar-refractivity contribution in [3.8, 4) is 0 Å². The number of fused-ring (bicyclic) bond motifs is 1. The van der Waals surface area contributed by atoms with E-state index >= 15 is 0 Å². The van der Waals surface area contributed by atoms with Crippen molar-refractivity contribution >= 4 is 27.5 Å². The summed E-state index contributed by atoms with van der Waals surface area (Å²) in [5.74, 6) is 0.223. The molecule has 0 fully saturated rings. The number of allylic oxidation sites excluding steroid dienone is 2. The van der Waals surface area contributed by atoms with Crippen LogP contribution in [0.25, 0.3) is 10.2 Å². The van der Waals surface area contributed by atoms with Gasteiger partial charge in [0.2, 0.25) is 5.91 Å². The Kier molecular flexibility index (Phi) is 6.92. The van der Waals surface area contributed by atoms with Gasteiger partial charge in [0.25, 0.3) is 0 Å². The Morgan fingerprint density at radius 1 is 1.13 bits per heavy atom. The second kappa shape index (κ2) is 10.0. The Labute approximate surface area is 182 Å². The quantitative estimate of drug-likeness (QED) is 0.379. The molecule has 4 rings (SSSR count). The van der Waals surface area contributed by atoms with Crippen LogP contribution in [0.5, 0.6) is 0 Å². The predicted molar refractivity (Wildman–Crippen MR) is 123 cm³/mol. The van der Waals surface area contributed by atoms with Gasteiger partial charge >= 0.3 is 0 Å². The van der Waals surface area contributed by atoms with Gasteiger partial charge in [-0.1, -0.05) is 54.6 Å². The summed E-state index contributed by atoms with van der Waals surface area (Å²) < 4.78 is 7.09. The van der Waals surface area contributed by atoms with E-state index in [0.29, 0.717) is 13.2 Å². The SMILES string of the molecule is CC(OCCCNC(=O)C1CC=CCC1c1nc2ccccc2s1)c1ccccc1. The fraction of sp³-hybridized carbons (Fsp3) is 0.360. The van der Waals surface area contributed by atoms with E-state index in [4.69, 9.17) is 9.72 Å². The Bertz CT molecular complexity index is 966. The largest absolute Gasteiger partial charge is 0.374 e. The van der Waals surface area contributed by atoms with E-state index in [1.807, 2.05) is 36.4 Å². The Balaban J connectivity index is 1.28. The number of para-hydroxylation sites is 1. The first-order valence-corrected chi connectivity index (χ1v) is 11.5. The van der Waals surface area contributed by atoms with Gasteiger partial charge in [-0.05, 0) is 43.9 Å². The number of carbonyl (C=O) groups excluding carboxylic acids is 1. The summed E-state index contributed by atoms with van der Waals surface area (Å²) >= 11 is 1.71. The Hall–Kier alpha value is -2.50. The molecule has 0 saturated carbocycles.